The molecule has 0 radical (unpaired) electrons. The molecule has 1 aromatic carbocycles. The second-order valence-electron chi connectivity index (χ2n) is 7.34. The van der Waals surface area contributed by atoms with Gasteiger partial charge >= 0.3 is 5.69 Å². The smallest absolute Gasteiger partial charge is 0.332 e. The molecule has 33 heavy (non-hydrogen) atoms. The molecule has 0 saturated heterocycles. The van der Waals surface area contributed by atoms with E-state index >= 15 is 0 Å². The van der Waals surface area contributed by atoms with Gasteiger partial charge in [-0.2, -0.15) is 5.10 Å². The van der Waals surface area contributed by atoms with Crippen LogP contribution in [0.1, 0.15) is 5.56 Å². The van der Waals surface area contributed by atoms with Gasteiger partial charge in [0.05, 0.1) is 33.3 Å². The van der Waals surface area contributed by atoms with Crippen molar-refractivity contribution in [2.45, 2.75) is 13.1 Å². The molecule has 12 nitrogen and oxygen atoms in total. The summed E-state index contributed by atoms with van der Waals surface area (Å²) in [6.45, 7) is -0.161. The van der Waals surface area contributed by atoms with Gasteiger partial charge in [0.2, 0.25) is 5.91 Å². The zero-order valence-corrected chi connectivity index (χ0v) is 18.6. The van der Waals surface area contributed by atoms with Crippen LogP contribution in [-0.4, -0.2) is 48.6 Å². The number of fused-ring (bicyclic) bond motifs is 1. The molecule has 0 saturated carbocycles. The van der Waals surface area contributed by atoms with E-state index in [9.17, 15) is 14.4 Å². The Hall–Kier alpha value is -4.35. The van der Waals surface area contributed by atoms with E-state index in [1.807, 2.05) is 12.1 Å². The largest absolute Gasteiger partial charge is 0.493 e. The number of anilines is 1. The first kappa shape index (κ1) is 21.9. The first-order valence-electron chi connectivity index (χ1n) is 9.98. The molecular weight excluding hydrogens is 430 g/mol. The number of nitrogens with one attached hydrogen (secondary N) is 1. The summed E-state index contributed by atoms with van der Waals surface area (Å²) < 4.78 is 16.0. The van der Waals surface area contributed by atoms with Crippen molar-refractivity contribution in [1.29, 1.82) is 0 Å². The summed E-state index contributed by atoms with van der Waals surface area (Å²) in [6.07, 6.45) is 2.98. The second kappa shape index (κ2) is 8.65. The molecule has 3 heterocycles. The van der Waals surface area contributed by atoms with E-state index in [4.69, 9.17) is 9.47 Å². The molecule has 0 bridgehead atoms. The highest BCUT2D eigenvalue weighted by atomic mass is 16.5. The summed E-state index contributed by atoms with van der Waals surface area (Å²) in [5, 5.41) is 6.97. The maximum Gasteiger partial charge on any atom is 0.332 e. The van der Waals surface area contributed by atoms with Gasteiger partial charge in [0.1, 0.15) is 12.4 Å². The van der Waals surface area contributed by atoms with Crippen molar-refractivity contribution >= 4 is 22.9 Å². The van der Waals surface area contributed by atoms with Gasteiger partial charge in [0.25, 0.3) is 5.56 Å². The molecule has 4 rings (SSSR count). The molecule has 4 aromatic rings. The number of para-hydroxylation sites is 1. The summed E-state index contributed by atoms with van der Waals surface area (Å²) in [5.74, 6) is 0.993. The average Bonchev–Trinajstić information content (AvgIpc) is 3.41. The van der Waals surface area contributed by atoms with Gasteiger partial charge in [0.15, 0.2) is 22.7 Å². The predicted octanol–water partition coefficient (Wildman–Crippen LogP) is 0.334. The van der Waals surface area contributed by atoms with Gasteiger partial charge in [-0.1, -0.05) is 12.1 Å². The molecule has 172 valence electrons. The van der Waals surface area contributed by atoms with Crippen LogP contribution in [0.4, 0.5) is 5.82 Å². The van der Waals surface area contributed by atoms with Crippen LogP contribution in [-0.2, 0) is 32.0 Å². The predicted molar refractivity (Wildman–Crippen MR) is 120 cm³/mol. The van der Waals surface area contributed by atoms with E-state index in [0.29, 0.717) is 23.9 Å². The highest BCUT2D eigenvalue weighted by Crippen LogP contribution is 2.31. The lowest BCUT2D eigenvalue weighted by Gasteiger charge is -2.14. The number of amides is 1. The number of carbonyl (C=O) groups is 1. The standard InChI is InChI=1S/C21H23N7O5/c1-25-12-22-19-17(25)20(30)27(21(31)26(19)2)11-16(29)24-15-8-9-23-28(15)10-13-6-5-7-14(32-3)18(13)33-4/h5-9,12H,10-11H2,1-4H3,(H,24,29). The second-order valence-corrected chi connectivity index (χ2v) is 7.34. The Morgan fingerprint density at radius 2 is 1.91 bits per heavy atom. The minimum absolute atomic E-state index is 0.236. The van der Waals surface area contributed by atoms with Crippen LogP contribution in [0.2, 0.25) is 0 Å². The highest BCUT2D eigenvalue weighted by Gasteiger charge is 2.18. The Morgan fingerprint density at radius 3 is 2.64 bits per heavy atom. The number of hydrogen-bond acceptors (Lipinski definition) is 7. The summed E-state index contributed by atoms with van der Waals surface area (Å²) in [4.78, 5) is 42.3. The summed E-state index contributed by atoms with van der Waals surface area (Å²) in [5.41, 5.74) is 0.0752. The number of carbonyl (C=O) groups excluding carboxylic acids is 1. The minimum atomic E-state index is -0.629. The van der Waals surface area contributed by atoms with E-state index < -0.39 is 23.7 Å². The van der Waals surface area contributed by atoms with Gasteiger partial charge in [-0.05, 0) is 6.07 Å². The Balaban J connectivity index is 1.59. The number of ether oxygens (including phenoxy) is 2. The topological polar surface area (TPSA) is 127 Å². The van der Waals surface area contributed by atoms with Gasteiger partial charge in [-0.15, -0.1) is 0 Å². The Morgan fingerprint density at radius 1 is 1.12 bits per heavy atom. The summed E-state index contributed by atoms with van der Waals surface area (Å²) >= 11 is 0. The van der Waals surface area contributed by atoms with Crippen LogP contribution < -0.4 is 26.0 Å². The average molecular weight is 453 g/mol. The molecule has 0 aliphatic heterocycles. The third kappa shape index (κ3) is 3.86. The minimum Gasteiger partial charge on any atom is -0.493 e. The van der Waals surface area contributed by atoms with Crippen molar-refractivity contribution in [2.75, 3.05) is 19.5 Å². The SMILES string of the molecule is COc1cccc(Cn2nccc2NC(=O)Cn2c(=O)c3c(ncn3C)n(C)c2=O)c1OC. The van der Waals surface area contributed by atoms with Gasteiger partial charge in [-0.3, -0.25) is 14.2 Å². The quantitative estimate of drug-likeness (QED) is 0.427. The van der Waals surface area contributed by atoms with Crippen molar-refractivity contribution in [2.24, 2.45) is 14.1 Å². The van der Waals surface area contributed by atoms with E-state index in [0.717, 1.165) is 10.1 Å². The number of rotatable bonds is 7. The molecule has 0 atom stereocenters. The van der Waals surface area contributed by atoms with Gasteiger partial charge < -0.3 is 19.4 Å². The molecular formula is C21H23N7O5. The highest BCUT2D eigenvalue weighted by molar-refractivity contribution is 5.89. The number of aromatic nitrogens is 6. The normalized spacial score (nSPS) is 11.0. The monoisotopic (exact) mass is 453 g/mol. The molecule has 3 aromatic heterocycles. The number of hydrogen-bond donors (Lipinski definition) is 1. The van der Waals surface area contributed by atoms with Crippen molar-refractivity contribution in [3.05, 3.63) is 63.2 Å². The lowest BCUT2D eigenvalue weighted by atomic mass is 10.2. The third-order valence-electron chi connectivity index (χ3n) is 5.29. The number of imidazole rings is 1. The number of nitrogens with zero attached hydrogens (tertiary/aromatic N) is 6. The number of methoxy groups -OCH3 is 2. The summed E-state index contributed by atoms with van der Waals surface area (Å²) in [6, 6.07) is 7.09. The van der Waals surface area contributed by atoms with Crippen LogP contribution in [0.3, 0.4) is 0 Å². The maximum absolute atomic E-state index is 12.8. The molecule has 1 N–H and O–H groups in total. The van der Waals surface area contributed by atoms with Crippen molar-refractivity contribution < 1.29 is 14.3 Å². The zero-order valence-electron chi connectivity index (χ0n) is 18.6. The molecule has 0 unspecified atom stereocenters. The molecule has 0 aliphatic rings. The molecule has 12 heteroatoms. The van der Waals surface area contributed by atoms with Crippen molar-refractivity contribution in [3.63, 3.8) is 0 Å². The van der Waals surface area contributed by atoms with E-state index in [2.05, 4.69) is 15.4 Å². The zero-order chi connectivity index (χ0) is 23.7. The molecule has 0 fully saturated rings. The van der Waals surface area contributed by atoms with Crippen LogP contribution in [0.5, 0.6) is 11.5 Å². The van der Waals surface area contributed by atoms with Crippen molar-refractivity contribution in [1.82, 2.24) is 28.5 Å². The van der Waals surface area contributed by atoms with Crippen LogP contribution in [0, 0.1) is 0 Å². The van der Waals surface area contributed by atoms with Crippen LogP contribution in [0.25, 0.3) is 11.2 Å². The fraction of sp³-hybridized carbons (Fsp3) is 0.286. The fourth-order valence-electron chi connectivity index (χ4n) is 3.67. The van der Waals surface area contributed by atoms with Gasteiger partial charge in [-0.25, -0.2) is 19.0 Å². The Labute approximate surface area is 187 Å². The number of aryl methyl sites for hydroxylation is 2. The molecule has 0 aliphatic carbocycles. The molecule has 0 spiro atoms. The Kier molecular flexibility index (Phi) is 5.73. The fourth-order valence-corrected chi connectivity index (χ4v) is 3.67. The van der Waals surface area contributed by atoms with Crippen LogP contribution in [0.15, 0.2) is 46.4 Å². The van der Waals surface area contributed by atoms with E-state index in [-0.39, 0.29) is 11.2 Å². The maximum atomic E-state index is 12.8. The summed E-state index contributed by atoms with van der Waals surface area (Å²) in [7, 11) is 6.25. The molecule has 1 amide bonds. The van der Waals surface area contributed by atoms with Crippen molar-refractivity contribution in [3.8, 4) is 11.5 Å². The first-order chi connectivity index (χ1) is 15.8. The van der Waals surface area contributed by atoms with E-state index in [1.165, 1.54) is 28.7 Å². The first-order valence-corrected chi connectivity index (χ1v) is 9.98. The van der Waals surface area contributed by atoms with Crippen LogP contribution >= 0.6 is 0 Å². The van der Waals surface area contributed by atoms with E-state index in [1.54, 1.807) is 38.1 Å². The van der Waals surface area contributed by atoms with Gasteiger partial charge in [0, 0.05) is 25.7 Å². The lowest BCUT2D eigenvalue weighted by Crippen LogP contribution is -2.42. The lowest BCUT2D eigenvalue weighted by molar-refractivity contribution is -0.116. The number of benzene rings is 1. The Bertz CT molecular complexity index is 1460. The third-order valence-corrected chi connectivity index (χ3v) is 5.29.